The topological polar surface area (TPSA) is 62.5 Å². The number of aryl methyl sites for hydroxylation is 2. The van der Waals surface area contributed by atoms with E-state index in [9.17, 15) is 9.90 Å². The van der Waals surface area contributed by atoms with Crippen LogP contribution in [0.3, 0.4) is 0 Å². The normalized spacial score (nSPS) is 12.3. The number of thiophene rings is 2. The minimum absolute atomic E-state index is 0.174. The molecule has 3 aromatic rings. The molecule has 4 nitrogen and oxygen atoms in total. The highest BCUT2D eigenvalue weighted by Gasteiger charge is 2.16. The van der Waals surface area contributed by atoms with Crippen molar-refractivity contribution in [3.05, 3.63) is 57.7 Å². The molecular weight excluding hydrogens is 330 g/mol. The Bertz CT molecular complexity index is 802. The molecule has 0 unspecified atom stereocenters. The standard InChI is InChI=1S/C17H17NO3S2/c1-10-8-12(11(2)21-10)17(20)18-9-13(19)14-5-6-16(23-14)15-4-3-7-22-15/h3-8,13,19H,9H2,1-2H3,(H,18,20)/t13-/m0/s1. The zero-order valence-corrected chi connectivity index (χ0v) is 14.5. The molecule has 3 rings (SSSR count). The monoisotopic (exact) mass is 347 g/mol. The predicted molar refractivity (Wildman–Crippen MR) is 93.1 cm³/mol. The quantitative estimate of drug-likeness (QED) is 0.729. The molecule has 3 heterocycles. The number of furan rings is 1. The summed E-state index contributed by atoms with van der Waals surface area (Å²) in [5.74, 6) is 1.06. The van der Waals surface area contributed by atoms with Crippen LogP contribution in [0.25, 0.3) is 9.75 Å². The van der Waals surface area contributed by atoms with Crippen molar-refractivity contribution in [1.29, 1.82) is 0 Å². The van der Waals surface area contributed by atoms with Crippen LogP contribution in [0, 0.1) is 13.8 Å². The van der Waals surface area contributed by atoms with Crippen LogP contribution in [0.5, 0.6) is 0 Å². The van der Waals surface area contributed by atoms with Gasteiger partial charge in [0.1, 0.15) is 17.6 Å². The Balaban J connectivity index is 1.62. The van der Waals surface area contributed by atoms with Gasteiger partial charge in [0.25, 0.3) is 5.91 Å². The van der Waals surface area contributed by atoms with Gasteiger partial charge in [-0.05, 0) is 43.5 Å². The summed E-state index contributed by atoms with van der Waals surface area (Å²) in [5, 5.41) is 15.1. The van der Waals surface area contributed by atoms with Crippen LogP contribution in [-0.2, 0) is 0 Å². The van der Waals surface area contributed by atoms with E-state index in [1.54, 1.807) is 42.6 Å². The fourth-order valence-corrected chi connectivity index (χ4v) is 4.15. The highest BCUT2D eigenvalue weighted by atomic mass is 32.1. The molecule has 0 radical (unpaired) electrons. The third-order valence-corrected chi connectivity index (χ3v) is 5.71. The molecule has 23 heavy (non-hydrogen) atoms. The Morgan fingerprint density at radius 1 is 1.30 bits per heavy atom. The zero-order valence-electron chi connectivity index (χ0n) is 12.8. The summed E-state index contributed by atoms with van der Waals surface area (Å²) in [4.78, 5) is 15.3. The average molecular weight is 347 g/mol. The molecule has 6 heteroatoms. The smallest absolute Gasteiger partial charge is 0.254 e. The van der Waals surface area contributed by atoms with Crippen molar-refractivity contribution in [2.24, 2.45) is 0 Å². The van der Waals surface area contributed by atoms with Crippen LogP contribution in [0.15, 0.2) is 40.1 Å². The van der Waals surface area contributed by atoms with Gasteiger partial charge >= 0.3 is 0 Å². The summed E-state index contributed by atoms with van der Waals surface area (Å²) in [6.07, 6.45) is -0.717. The van der Waals surface area contributed by atoms with Crippen molar-refractivity contribution in [2.45, 2.75) is 20.0 Å². The first-order valence-electron chi connectivity index (χ1n) is 7.21. The van der Waals surface area contributed by atoms with E-state index in [0.717, 1.165) is 9.75 Å². The molecule has 3 aromatic heterocycles. The molecular formula is C17H17NO3S2. The summed E-state index contributed by atoms with van der Waals surface area (Å²) in [5.41, 5.74) is 0.514. The third-order valence-electron chi connectivity index (χ3n) is 3.46. The second-order valence-electron chi connectivity index (χ2n) is 5.23. The highest BCUT2D eigenvalue weighted by molar-refractivity contribution is 7.21. The minimum Gasteiger partial charge on any atom is -0.466 e. The van der Waals surface area contributed by atoms with Gasteiger partial charge in [-0.25, -0.2) is 0 Å². The van der Waals surface area contributed by atoms with Crippen molar-refractivity contribution >= 4 is 28.6 Å². The SMILES string of the molecule is Cc1cc(C(=O)NC[C@H](O)c2ccc(-c3cccs3)s2)c(C)o1. The summed E-state index contributed by atoms with van der Waals surface area (Å²) in [6, 6.07) is 9.67. The molecule has 0 saturated carbocycles. The Labute approximate surface area is 142 Å². The molecule has 0 aliphatic heterocycles. The van der Waals surface area contributed by atoms with Crippen molar-refractivity contribution in [1.82, 2.24) is 5.32 Å². The van der Waals surface area contributed by atoms with Gasteiger partial charge in [0, 0.05) is 21.2 Å². The molecule has 0 bridgehead atoms. The second-order valence-corrected chi connectivity index (χ2v) is 7.30. The first kappa shape index (κ1) is 16.0. The first-order valence-corrected chi connectivity index (χ1v) is 8.91. The molecule has 0 saturated heterocycles. The molecule has 0 fully saturated rings. The van der Waals surface area contributed by atoms with Crippen LogP contribution in [0.1, 0.15) is 32.9 Å². The summed E-state index contributed by atoms with van der Waals surface area (Å²) in [6.45, 7) is 3.73. The molecule has 0 aliphatic rings. The van der Waals surface area contributed by atoms with Crippen LogP contribution in [0.4, 0.5) is 0 Å². The number of nitrogens with one attached hydrogen (secondary N) is 1. The van der Waals surface area contributed by atoms with Gasteiger partial charge in [0.15, 0.2) is 0 Å². The fourth-order valence-electron chi connectivity index (χ4n) is 2.32. The maximum absolute atomic E-state index is 12.1. The Morgan fingerprint density at radius 3 is 2.78 bits per heavy atom. The van der Waals surface area contributed by atoms with E-state index in [1.807, 2.05) is 23.6 Å². The van der Waals surface area contributed by atoms with Gasteiger partial charge in [0.05, 0.1) is 5.56 Å². The maximum atomic E-state index is 12.1. The van der Waals surface area contributed by atoms with Crippen LogP contribution in [-0.4, -0.2) is 17.6 Å². The lowest BCUT2D eigenvalue weighted by Gasteiger charge is -2.09. The molecule has 1 amide bonds. The first-order chi connectivity index (χ1) is 11.0. The van der Waals surface area contributed by atoms with Crippen LogP contribution in [0.2, 0.25) is 0 Å². The molecule has 2 N–H and O–H groups in total. The van der Waals surface area contributed by atoms with E-state index in [2.05, 4.69) is 11.4 Å². The Hall–Kier alpha value is -1.89. The maximum Gasteiger partial charge on any atom is 0.254 e. The van der Waals surface area contributed by atoms with Gasteiger partial charge < -0.3 is 14.8 Å². The predicted octanol–water partition coefficient (Wildman–Crippen LogP) is 4.15. The molecule has 0 spiro atoms. The van der Waals surface area contributed by atoms with E-state index in [0.29, 0.717) is 17.1 Å². The number of hydrogen-bond acceptors (Lipinski definition) is 5. The largest absolute Gasteiger partial charge is 0.466 e. The van der Waals surface area contributed by atoms with Crippen LogP contribution >= 0.6 is 22.7 Å². The van der Waals surface area contributed by atoms with Crippen molar-refractivity contribution in [3.8, 4) is 9.75 Å². The number of aliphatic hydroxyl groups excluding tert-OH is 1. The zero-order chi connectivity index (χ0) is 16.4. The number of carbonyl (C=O) groups is 1. The van der Waals surface area contributed by atoms with E-state index >= 15 is 0 Å². The summed E-state index contributed by atoms with van der Waals surface area (Å²) < 4.78 is 5.35. The number of hydrogen-bond donors (Lipinski definition) is 2. The van der Waals surface area contributed by atoms with Gasteiger partial charge in [0.2, 0.25) is 0 Å². The van der Waals surface area contributed by atoms with Crippen molar-refractivity contribution in [2.75, 3.05) is 6.54 Å². The highest BCUT2D eigenvalue weighted by Crippen LogP contribution is 2.33. The van der Waals surface area contributed by atoms with Crippen LogP contribution < -0.4 is 5.32 Å². The minimum atomic E-state index is -0.717. The lowest BCUT2D eigenvalue weighted by molar-refractivity contribution is 0.0916. The summed E-state index contributed by atoms with van der Waals surface area (Å²) >= 11 is 3.21. The Morgan fingerprint density at radius 2 is 2.13 bits per heavy atom. The second kappa shape index (κ2) is 6.70. The Kier molecular flexibility index (Phi) is 4.66. The number of amides is 1. The third kappa shape index (κ3) is 3.55. The van der Waals surface area contributed by atoms with Crippen molar-refractivity contribution < 1.29 is 14.3 Å². The lowest BCUT2D eigenvalue weighted by Crippen LogP contribution is -2.28. The van der Waals surface area contributed by atoms with Gasteiger partial charge in [-0.2, -0.15) is 0 Å². The fraction of sp³-hybridized carbons (Fsp3) is 0.235. The number of carbonyl (C=O) groups excluding carboxylic acids is 1. The van der Waals surface area contributed by atoms with Crippen molar-refractivity contribution in [3.63, 3.8) is 0 Å². The van der Waals surface area contributed by atoms with E-state index in [1.165, 1.54) is 4.88 Å². The van der Waals surface area contributed by atoms with E-state index in [4.69, 9.17) is 4.42 Å². The lowest BCUT2D eigenvalue weighted by atomic mass is 10.2. The summed E-state index contributed by atoms with van der Waals surface area (Å²) in [7, 11) is 0. The van der Waals surface area contributed by atoms with E-state index in [-0.39, 0.29) is 12.5 Å². The van der Waals surface area contributed by atoms with E-state index < -0.39 is 6.10 Å². The van der Waals surface area contributed by atoms with Gasteiger partial charge in [-0.15, -0.1) is 22.7 Å². The molecule has 0 aromatic carbocycles. The van der Waals surface area contributed by atoms with Gasteiger partial charge in [-0.3, -0.25) is 4.79 Å². The average Bonchev–Trinajstić information content (AvgIpc) is 3.24. The number of rotatable bonds is 5. The molecule has 1 atom stereocenters. The van der Waals surface area contributed by atoms with Gasteiger partial charge in [-0.1, -0.05) is 6.07 Å². The number of aliphatic hydroxyl groups is 1. The molecule has 120 valence electrons. The molecule has 0 aliphatic carbocycles.